The molecule has 1 N–H and O–H groups in total. The van der Waals surface area contributed by atoms with E-state index in [1.54, 1.807) is 18.6 Å². The molecule has 0 radical (unpaired) electrons. The normalized spacial score (nSPS) is 15.7. The molecule has 0 bridgehead atoms. The van der Waals surface area contributed by atoms with Crippen molar-refractivity contribution in [1.29, 1.82) is 0 Å². The first kappa shape index (κ1) is 21.2. The van der Waals surface area contributed by atoms with Crippen LogP contribution >= 0.6 is 11.6 Å². The zero-order chi connectivity index (χ0) is 22.8. The van der Waals surface area contributed by atoms with E-state index in [9.17, 15) is 4.79 Å². The fraction of sp³-hybridized carbons (Fsp3) is 0.192. The average Bonchev–Trinajstić information content (AvgIpc) is 3.47. The Balaban J connectivity index is 1.56. The summed E-state index contributed by atoms with van der Waals surface area (Å²) in [5.74, 6) is 0.575. The molecule has 1 aliphatic rings. The van der Waals surface area contributed by atoms with Crippen LogP contribution in [0.3, 0.4) is 0 Å². The first-order valence-corrected chi connectivity index (χ1v) is 11.3. The van der Waals surface area contributed by atoms with Crippen molar-refractivity contribution in [3.63, 3.8) is 0 Å². The summed E-state index contributed by atoms with van der Waals surface area (Å²) in [6.45, 7) is 4.73. The number of hydrogen-bond acceptors (Lipinski definition) is 4. The Bertz CT molecular complexity index is 1330. The highest BCUT2D eigenvalue weighted by Gasteiger charge is 2.28. The Morgan fingerprint density at radius 3 is 2.94 bits per heavy atom. The molecule has 5 rings (SSSR count). The molecule has 0 unspecified atom stereocenters. The average molecular weight is 459 g/mol. The van der Waals surface area contributed by atoms with E-state index >= 15 is 0 Å². The van der Waals surface area contributed by atoms with Gasteiger partial charge in [0.2, 0.25) is 5.91 Å². The van der Waals surface area contributed by atoms with E-state index in [0.29, 0.717) is 17.4 Å². The Morgan fingerprint density at radius 1 is 1.21 bits per heavy atom. The minimum absolute atomic E-state index is 0.0102. The zero-order valence-electron chi connectivity index (χ0n) is 18.0. The Hall–Kier alpha value is -3.64. The number of halogens is 1. The lowest BCUT2D eigenvalue weighted by molar-refractivity contribution is -0.127. The monoisotopic (exact) mass is 458 g/mol. The van der Waals surface area contributed by atoms with Crippen LogP contribution in [-0.2, 0) is 4.79 Å². The number of likely N-dealkylation sites (tertiary alicyclic amines) is 1. The Morgan fingerprint density at radius 2 is 2.09 bits per heavy atom. The molecule has 6 nitrogen and oxygen atoms in total. The Kier molecular flexibility index (Phi) is 5.84. The first-order chi connectivity index (χ1) is 16.2. The van der Waals surface area contributed by atoms with Crippen molar-refractivity contribution in [2.45, 2.75) is 18.9 Å². The lowest BCUT2D eigenvalue weighted by Crippen LogP contribution is -2.38. The van der Waals surface area contributed by atoms with Crippen LogP contribution in [0.1, 0.15) is 12.8 Å². The highest BCUT2D eigenvalue weighted by atomic mass is 35.5. The molecule has 0 aliphatic carbocycles. The second kappa shape index (κ2) is 9.08. The number of nitrogens with zero attached hydrogens (tertiary/aromatic N) is 3. The number of aromatic amines is 1. The third-order valence-electron chi connectivity index (χ3n) is 6.02. The van der Waals surface area contributed by atoms with Gasteiger partial charge in [-0.15, -0.1) is 0 Å². The van der Waals surface area contributed by atoms with Gasteiger partial charge in [-0.2, -0.15) is 0 Å². The molecule has 0 saturated carbocycles. The third-order valence-corrected chi connectivity index (χ3v) is 6.35. The molecule has 33 heavy (non-hydrogen) atoms. The molecule has 1 atom stereocenters. The number of amides is 1. The summed E-state index contributed by atoms with van der Waals surface area (Å²) in [6.07, 6.45) is 8.44. The molecule has 3 aromatic heterocycles. The second-order valence-corrected chi connectivity index (χ2v) is 8.38. The smallest absolute Gasteiger partial charge is 0.246 e. The fourth-order valence-corrected chi connectivity index (χ4v) is 4.68. The molecule has 7 heteroatoms. The van der Waals surface area contributed by atoms with Gasteiger partial charge in [-0.3, -0.25) is 14.8 Å². The summed E-state index contributed by atoms with van der Waals surface area (Å²) in [7, 11) is 0. The van der Waals surface area contributed by atoms with Crippen molar-refractivity contribution >= 4 is 28.5 Å². The predicted octanol–water partition coefficient (Wildman–Crippen LogP) is 5.50. The minimum atomic E-state index is -0.0600. The molecule has 1 amide bonds. The van der Waals surface area contributed by atoms with Crippen molar-refractivity contribution in [2.75, 3.05) is 13.2 Å². The van der Waals surface area contributed by atoms with Crippen LogP contribution in [0.4, 0.5) is 0 Å². The van der Waals surface area contributed by atoms with Crippen LogP contribution in [0.15, 0.2) is 73.7 Å². The second-order valence-electron chi connectivity index (χ2n) is 7.97. The van der Waals surface area contributed by atoms with Crippen LogP contribution in [0.25, 0.3) is 33.4 Å². The minimum Gasteiger partial charge on any atom is -0.489 e. The van der Waals surface area contributed by atoms with Crippen LogP contribution in [0.5, 0.6) is 5.75 Å². The number of carbonyl (C=O) groups is 1. The molecule has 1 aliphatic heterocycles. The predicted molar refractivity (Wildman–Crippen MR) is 130 cm³/mol. The van der Waals surface area contributed by atoms with E-state index in [1.165, 1.54) is 6.08 Å². The summed E-state index contributed by atoms with van der Waals surface area (Å²) in [4.78, 5) is 26.4. The molecule has 1 aromatic carbocycles. The third kappa shape index (κ3) is 3.98. The molecule has 166 valence electrons. The maximum atomic E-state index is 12.2. The number of hydrogen-bond donors (Lipinski definition) is 1. The van der Waals surface area contributed by atoms with E-state index < -0.39 is 0 Å². The fourth-order valence-electron chi connectivity index (χ4n) is 4.45. The number of pyridine rings is 2. The lowest BCUT2D eigenvalue weighted by Gasteiger charge is -2.24. The van der Waals surface area contributed by atoms with Crippen molar-refractivity contribution in [3.8, 4) is 28.1 Å². The number of benzene rings is 1. The van der Waals surface area contributed by atoms with Gasteiger partial charge in [-0.1, -0.05) is 36.4 Å². The standard InChI is InChI=1S/C26H23ClN4O2/c1-2-23(32)31-14-6-7-17(31)16-33-22-15-28-13-11-19(22)25-24(18-8-3-4-9-20(18)27)26-21(30-25)10-5-12-29-26/h2-5,8-13,15,17,30H,1,6-7,14,16H2/t17-/m0/s1. The molecular formula is C26H23ClN4O2. The number of rotatable bonds is 6. The number of H-pyrrole nitrogens is 1. The van der Waals surface area contributed by atoms with E-state index in [2.05, 4.69) is 21.5 Å². The summed E-state index contributed by atoms with van der Waals surface area (Å²) >= 11 is 6.59. The number of carbonyl (C=O) groups excluding carboxylic acids is 1. The number of ether oxygens (including phenoxy) is 1. The van der Waals surface area contributed by atoms with Crippen LogP contribution in [-0.4, -0.2) is 45.0 Å². The van der Waals surface area contributed by atoms with Gasteiger partial charge in [0.1, 0.15) is 12.4 Å². The van der Waals surface area contributed by atoms with E-state index in [0.717, 1.165) is 52.8 Å². The lowest BCUT2D eigenvalue weighted by atomic mass is 10.0. The molecule has 0 spiro atoms. The van der Waals surface area contributed by atoms with Gasteiger partial charge >= 0.3 is 0 Å². The summed E-state index contributed by atoms with van der Waals surface area (Å²) in [5.41, 5.74) is 5.26. The van der Waals surface area contributed by atoms with E-state index in [4.69, 9.17) is 16.3 Å². The highest BCUT2D eigenvalue weighted by Crippen LogP contribution is 2.42. The van der Waals surface area contributed by atoms with E-state index in [1.807, 2.05) is 47.4 Å². The van der Waals surface area contributed by atoms with Gasteiger partial charge in [0.15, 0.2) is 0 Å². The topological polar surface area (TPSA) is 71.1 Å². The van der Waals surface area contributed by atoms with Crippen LogP contribution in [0, 0.1) is 0 Å². The SMILES string of the molecule is C=CC(=O)N1CCC[C@H]1COc1cnccc1-c1[nH]c2cccnc2c1-c1ccccc1Cl. The largest absolute Gasteiger partial charge is 0.489 e. The summed E-state index contributed by atoms with van der Waals surface area (Å²) < 4.78 is 6.25. The van der Waals surface area contributed by atoms with Crippen molar-refractivity contribution in [1.82, 2.24) is 19.9 Å². The maximum Gasteiger partial charge on any atom is 0.246 e. The number of aromatic nitrogens is 3. The molecule has 4 heterocycles. The highest BCUT2D eigenvalue weighted by molar-refractivity contribution is 6.34. The quantitative estimate of drug-likeness (QED) is 0.387. The maximum absolute atomic E-state index is 12.2. The van der Waals surface area contributed by atoms with Gasteiger partial charge in [0, 0.05) is 40.7 Å². The van der Waals surface area contributed by atoms with E-state index in [-0.39, 0.29) is 11.9 Å². The zero-order valence-corrected chi connectivity index (χ0v) is 18.8. The number of fused-ring (bicyclic) bond motifs is 1. The van der Waals surface area contributed by atoms with Crippen LogP contribution < -0.4 is 4.74 Å². The van der Waals surface area contributed by atoms with Gasteiger partial charge in [0.05, 0.1) is 29.0 Å². The van der Waals surface area contributed by atoms with Gasteiger partial charge < -0.3 is 14.6 Å². The van der Waals surface area contributed by atoms with Crippen molar-refractivity contribution < 1.29 is 9.53 Å². The van der Waals surface area contributed by atoms with Gasteiger partial charge in [0.25, 0.3) is 0 Å². The molecular weight excluding hydrogens is 436 g/mol. The van der Waals surface area contributed by atoms with Gasteiger partial charge in [-0.05, 0) is 43.2 Å². The molecule has 4 aromatic rings. The number of nitrogens with one attached hydrogen (secondary N) is 1. The first-order valence-electron chi connectivity index (χ1n) is 10.9. The van der Waals surface area contributed by atoms with Crippen molar-refractivity contribution in [3.05, 3.63) is 78.7 Å². The molecule has 1 saturated heterocycles. The Labute approximate surface area is 196 Å². The van der Waals surface area contributed by atoms with Gasteiger partial charge in [-0.25, -0.2) is 0 Å². The van der Waals surface area contributed by atoms with Crippen LogP contribution in [0.2, 0.25) is 5.02 Å². The van der Waals surface area contributed by atoms with Crippen molar-refractivity contribution in [2.24, 2.45) is 0 Å². The summed E-state index contributed by atoms with van der Waals surface area (Å²) in [5, 5.41) is 0.645. The summed E-state index contributed by atoms with van der Waals surface area (Å²) in [6, 6.07) is 13.5. The molecule has 1 fully saturated rings.